The van der Waals surface area contributed by atoms with Crippen molar-refractivity contribution in [2.45, 2.75) is 19.4 Å². The predicted octanol–water partition coefficient (Wildman–Crippen LogP) is 1.51. The number of amides is 1. The maximum atomic E-state index is 12.9. The van der Waals surface area contributed by atoms with Gasteiger partial charge in [0.25, 0.3) is 0 Å². The van der Waals surface area contributed by atoms with Crippen LogP contribution in [0.3, 0.4) is 0 Å². The van der Waals surface area contributed by atoms with Crippen LogP contribution in [0.2, 0.25) is 0 Å². The molecule has 1 aliphatic heterocycles. The van der Waals surface area contributed by atoms with Crippen LogP contribution in [0.25, 0.3) is 11.0 Å². The highest BCUT2D eigenvalue weighted by Gasteiger charge is 2.33. The predicted molar refractivity (Wildman–Crippen MR) is 109 cm³/mol. The van der Waals surface area contributed by atoms with E-state index in [1.807, 2.05) is 42.5 Å². The van der Waals surface area contributed by atoms with Gasteiger partial charge in [-0.2, -0.15) is 0 Å². The Balaban J connectivity index is 1.88. The van der Waals surface area contributed by atoms with Crippen molar-refractivity contribution in [3.8, 4) is 0 Å². The van der Waals surface area contributed by atoms with Crippen LogP contribution in [0.1, 0.15) is 13.3 Å². The highest BCUT2D eigenvalue weighted by molar-refractivity contribution is 7.98. The van der Waals surface area contributed by atoms with Crippen molar-refractivity contribution < 1.29 is 13.2 Å². The first-order chi connectivity index (χ1) is 12.9. The number of hydrogen-bond acceptors (Lipinski definition) is 3. The molecule has 1 heterocycles. The van der Waals surface area contributed by atoms with Gasteiger partial charge in [-0.25, -0.2) is 13.1 Å². The summed E-state index contributed by atoms with van der Waals surface area (Å²) in [7, 11) is -3.73. The van der Waals surface area contributed by atoms with Gasteiger partial charge in [0.15, 0.2) is 0 Å². The number of para-hydroxylation sites is 1. The van der Waals surface area contributed by atoms with Crippen molar-refractivity contribution in [3.05, 3.63) is 77.7 Å². The first-order valence-electron chi connectivity index (χ1n) is 8.69. The molecule has 1 fully saturated rings. The fourth-order valence-corrected chi connectivity index (χ4v) is 4.44. The second-order valence-corrected chi connectivity index (χ2v) is 8.26. The van der Waals surface area contributed by atoms with E-state index >= 15 is 0 Å². The van der Waals surface area contributed by atoms with E-state index in [1.165, 1.54) is 0 Å². The molecule has 6 heteroatoms. The first kappa shape index (κ1) is 19.1. The molecule has 3 rings (SSSR count). The van der Waals surface area contributed by atoms with Gasteiger partial charge in [0.1, 0.15) is 0 Å². The van der Waals surface area contributed by atoms with E-state index in [0.717, 1.165) is 10.9 Å². The Bertz CT molecular complexity index is 1080. The van der Waals surface area contributed by atoms with Gasteiger partial charge in [0.2, 0.25) is 15.9 Å². The van der Waals surface area contributed by atoms with Crippen molar-refractivity contribution in [2.24, 2.45) is 0 Å². The third-order valence-electron chi connectivity index (χ3n) is 4.56. The molecule has 0 radical (unpaired) electrons. The van der Waals surface area contributed by atoms with Crippen LogP contribution in [0, 0.1) is 0 Å². The number of benzene rings is 2. The van der Waals surface area contributed by atoms with Gasteiger partial charge in [-0.15, -0.1) is 0 Å². The highest BCUT2D eigenvalue weighted by atomic mass is 32.2. The van der Waals surface area contributed by atoms with Crippen molar-refractivity contribution in [3.63, 3.8) is 0 Å². The number of rotatable bonds is 5. The summed E-state index contributed by atoms with van der Waals surface area (Å²) in [5.41, 5.74) is 0.774. The van der Waals surface area contributed by atoms with Crippen LogP contribution in [0.5, 0.6) is 0 Å². The summed E-state index contributed by atoms with van der Waals surface area (Å²) in [6.07, 6.45) is 3.53. The molecular weight excluding hydrogens is 360 g/mol. The maximum absolute atomic E-state index is 12.9. The molecule has 0 saturated carbocycles. The van der Waals surface area contributed by atoms with E-state index in [0.29, 0.717) is 11.8 Å². The zero-order chi connectivity index (χ0) is 19.4. The van der Waals surface area contributed by atoms with Gasteiger partial charge in [-0.1, -0.05) is 61.2 Å². The molecule has 2 aromatic carbocycles. The normalized spacial score (nSPS) is 19.3. The second kappa shape index (κ2) is 7.90. The number of anilines is 1. The molecule has 5 nitrogen and oxygen atoms in total. The summed E-state index contributed by atoms with van der Waals surface area (Å²) in [6.45, 7) is 5.56. The topological polar surface area (TPSA) is 66.5 Å². The smallest absolute Gasteiger partial charge is 0.237 e. The Morgan fingerprint density at radius 2 is 1.81 bits per heavy atom. The zero-order valence-electron chi connectivity index (χ0n) is 15.1. The molecule has 1 amide bonds. The maximum Gasteiger partial charge on any atom is 0.237 e. The second-order valence-electron chi connectivity index (χ2n) is 6.41. The average Bonchev–Trinajstić information content (AvgIpc) is 3.02. The monoisotopic (exact) mass is 382 g/mol. The molecule has 1 N–H and O–H groups in total. The molecule has 0 bridgehead atoms. The molecule has 0 spiro atoms. The van der Waals surface area contributed by atoms with E-state index in [2.05, 4.69) is 11.3 Å². The third-order valence-corrected chi connectivity index (χ3v) is 6.23. The van der Waals surface area contributed by atoms with Crippen molar-refractivity contribution in [1.82, 2.24) is 4.72 Å². The molecule has 2 aromatic rings. The van der Waals surface area contributed by atoms with E-state index < -0.39 is 16.1 Å². The molecule has 27 heavy (non-hydrogen) atoms. The number of carbonyl (C=O) groups is 1. The summed E-state index contributed by atoms with van der Waals surface area (Å²) in [5, 5.41) is 1.40. The minimum Gasteiger partial charge on any atom is -0.311 e. The van der Waals surface area contributed by atoms with Gasteiger partial charge in [0.05, 0.1) is 4.91 Å². The van der Waals surface area contributed by atoms with E-state index in [9.17, 15) is 13.2 Å². The fourth-order valence-electron chi connectivity index (χ4n) is 3.19. The Hall–Kier alpha value is -2.70. The van der Waals surface area contributed by atoms with Gasteiger partial charge in [-0.3, -0.25) is 4.79 Å². The minimum absolute atomic E-state index is 0.0908. The summed E-state index contributed by atoms with van der Waals surface area (Å²) >= 11 is 0. The lowest BCUT2D eigenvalue weighted by atomic mass is 10.2. The van der Waals surface area contributed by atoms with Crippen LogP contribution < -0.4 is 20.1 Å². The highest BCUT2D eigenvalue weighted by Crippen LogP contribution is 2.22. The van der Waals surface area contributed by atoms with Crippen molar-refractivity contribution in [2.75, 3.05) is 11.4 Å². The molecule has 1 saturated heterocycles. The number of nitrogens with one attached hydrogen (secondary N) is 1. The van der Waals surface area contributed by atoms with E-state index in [-0.39, 0.29) is 17.2 Å². The largest absolute Gasteiger partial charge is 0.311 e. The standard InChI is InChI=1S/C21H22N2O3S/c1-3-9-17-10-7-8-13-20(17)16(2)27(25,26)22-18-14-21(24)23(15-18)19-11-5-4-6-12-19/h3-13,18,22H,1,14-15H2,2H3/b17-9-,20-16+. The van der Waals surface area contributed by atoms with Gasteiger partial charge >= 0.3 is 0 Å². The van der Waals surface area contributed by atoms with Crippen molar-refractivity contribution in [1.29, 1.82) is 0 Å². The first-order valence-corrected chi connectivity index (χ1v) is 10.2. The summed E-state index contributed by atoms with van der Waals surface area (Å²) in [4.78, 5) is 14.2. The summed E-state index contributed by atoms with van der Waals surface area (Å²) in [6, 6.07) is 16.0. The van der Waals surface area contributed by atoms with Crippen LogP contribution >= 0.6 is 0 Å². The molecular formula is C21H22N2O3S. The lowest BCUT2D eigenvalue weighted by Gasteiger charge is -2.17. The number of allylic oxidation sites excluding steroid dienone is 1. The SMILES string of the molecule is C=C/C=c1/cccc/c1=C(/C)S(=O)(=O)NC1CC(=O)N(c2ccccc2)C1. The van der Waals surface area contributed by atoms with Crippen molar-refractivity contribution >= 4 is 32.6 Å². The molecule has 1 aliphatic rings. The van der Waals surface area contributed by atoms with Gasteiger partial charge in [0, 0.05) is 24.7 Å². The quantitative estimate of drug-likeness (QED) is 0.852. The Morgan fingerprint density at radius 1 is 1.15 bits per heavy atom. The third kappa shape index (κ3) is 4.18. The van der Waals surface area contributed by atoms with E-state index in [1.54, 1.807) is 36.1 Å². The van der Waals surface area contributed by atoms with Crippen LogP contribution in [0.4, 0.5) is 5.69 Å². The number of nitrogens with zero attached hydrogens (tertiary/aromatic N) is 1. The summed E-state index contributed by atoms with van der Waals surface area (Å²) in [5.74, 6) is -0.0908. The average molecular weight is 382 g/mol. The molecule has 1 unspecified atom stereocenters. The molecule has 1 atom stereocenters. The fraction of sp³-hybridized carbons (Fsp3) is 0.190. The number of hydrogen-bond donors (Lipinski definition) is 1. The Labute approximate surface area is 159 Å². The van der Waals surface area contributed by atoms with E-state index in [4.69, 9.17) is 0 Å². The minimum atomic E-state index is -3.73. The van der Waals surface area contributed by atoms with Crippen LogP contribution in [-0.2, 0) is 14.8 Å². The van der Waals surface area contributed by atoms with Crippen LogP contribution in [0.15, 0.2) is 67.3 Å². The Kier molecular flexibility index (Phi) is 5.58. The zero-order valence-corrected chi connectivity index (χ0v) is 15.9. The molecule has 140 valence electrons. The Morgan fingerprint density at radius 3 is 2.52 bits per heavy atom. The number of carbonyl (C=O) groups excluding carboxylic acids is 1. The molecule has 0 aromatic heterocycles. The molecule has 0 aliphatic carbocycles. The van der Waals surface area contributed by atoms with Gasteiger partial charge < -0.3 is 4.90 Å². The summed E-state index contributed by atoms with van der Waals surface area (Å²) < 4.78 is 28.4. The van der Waals surface area contributed by atoms with Gasteiger partial charge in [-0.05, 0) is 29.5 Å². The lowest BCUT2D eigenvalue weighted by molar-refractivity contribution is -0.117. The van der Waals surface area contributed by atoms with Crippen LogP contribution in [-0.4, -0.2) is 26.9 Å². The lowest BCUT2D eigenvalue weighted by Crippen LogP contribution is -2.40. The number of sulfonamides is 1.